The molecule has 0 heterocycles. The van der Waals surface area contributed by atoms with E-state index in [1.165, 1.54) is 12.8 Å². The van der Waals surface area contributed by atoms with E-state index < -0.39 is 0 Å². The third-order valence-corrected chi connectivity index (χ3v) is 3.51. The van der Waals surface area contributed by atoms with Gasteiger partial charge in [0.15, 0.2) is 0 Å². The van der Waals surface area contributed by atoms with Gasteiger partial charge in [0.05, 0.1) is 6.10 Å². The van der Waals surface area contributed by atoms with Crippen molar-refractivity contribution < 1.29 is 5.11 Å². The quantitative estimate of drug-likeness (QED) is 0.637. The standard InChI is InChI=1S/C9H14OS/c10-9-5-6-3-7(1-2-11)8(9)4-6/h2,6-10H,1,3-5H2/t6?,7?,8-,9?/m0/s1. The fourth-order valence-electron chi connectivity index (χ4n) is 2.85. The first-order valence-corrected chi connectivity index (χ1v) is 4.90. The molecule has 2 heteroatoms. The average Bonchev–Trinajstić information content (AvgIpc) is 2.46. The van der Waals surface area contributed by atoms with Gasteiger partial charge in [0, 0.05) is 0 Å². The van der Waals surface area contributed by atoms with Crippen molar-refractivity contribution in [3.63, 3.8) is 0 Å². The van der Waals surface area contributed by atoms with Crippen LogP contribution in [-0.2, 0) is 0 Å². The summed E-state index contributed by atoms with van der Waals surface area (Å²) in [5.41, 5.74) is 0. The maximum atomic E-state index is 9.57. The van der Waals surface area contributed by atoms with E-state index >= 15 is 0 Å². The monoisotopic (exact) mass is 170 g/mol. The van der Waals surface area contributed by atoms with Crippen LogP contribution in [0.1, 0.15) is 25.7 Å². The molecule has 4 atom stereocenters. The van der Waals surface area contributed by atoms with Crippen molar-refractivity contribution in [2.75, 3.05) is 0 Å². The second kappa shape index (κ2) is 2.83. The Labute approximate surface area is 72.8 Å². The minimum atomic E-state index is -0.00583. The fraction of sp³-hybridized carbons (Fsp3) is 0.889. The molecule has 2 saturated carbocycles. The van der Waals surface area contributed by atoms with Gasteiger partial charge in [0.25, 0.3) is 0 Å². The van der Waals surface area contributed by atoms with E-state index in [-0.39, 0.29) is 6.10 Å². The van der Waals surface area contributed by atoms with E-state index in [2.05, 4.69) is 0 Å². The summed E-state index contributed by atoms with van der Waals surface area (Å²) >= 11 is 4.84. The van der Waals surface area contributed by atoms with E-state index in [1.807, 2.05) is 5.37 Å². The predicted molar refractivity (Wildman–Crippen MR) is 48.6 cm³/mol. The van der Waals surface area contributed by atoms with Gasteiger partial charge in [-0.05, 0) is 48.8 Å². The summed E-state index contributed by atoms with van der Waals surface area (Å²) in [6.45, 7) is 0. The Bertz CT molecular complexity index is 169. The first kappa shape index (κ1) is 7.69. The molecule has 3 unspecified atom stereocenters. The van der Waals surface area contributed by atoms with Gasteiger partial charge in [0.1, 0.15) is 0 Å². The van der Waals surface area contributed by atoms with Gasteiger partial charge in [-0.1, -0.05) is 12.2 Å². The third-order valence-electron chi connectivity index (χ3n) is 3.32. The summed E-state index contributed by atoms with van der Waals surface area (Å²) < 4.78 is 0. The lowest BCUT2D eigenvalue weighted by molar-refractivity contribution is 0.0835. The van der Waals surface area contributed by atoms with Gasteiger partial charge in [-0.2, -0.15) is 0 Å². The van der Waals surface area contributed by atoms with E-state index in [4.69, 9.17) is 12.2 Å². The van der Waals surface area contributed by atoms with Crippen molar-refractivity contribution in [2.24, 2.45) is 17.8 Å². The number of thiocarbonyl (C=S) groups is 1. The van der Waals surface area contributed by atoms with Crippen LogP contribution in [0, 0.1) is 17.8 Å². The number of aliphatic hydroxyl groups is 1. The molecule has 0 aromatic carbocycles. The Morgan fingerprint density at radius 1 is 1.36 bits per heavy atom. The molecule has 2 bridgehead atoms. The van der Waals surface area contributed by atoms with E-state index in [1.54, 1.807) is 0 Å². The molecule has 0 radical (unpaired) electrons. The predicted octanol–water partition coefficient (Wildman–Crippen LogP) is 1.78. The first-order valence-electron chi connectivity index (χ1n) is 4.43. The van der Waals surface area contributed by atoms with Crippen LogP contribution in [0.15, 0.2) is 0 Å². The lowest BCUT2D eigenvalue weighted by atomic mass is 9.85. The third kappa shape index (κ3) is 1.23. The molecular weight excluding hydrogens is 156 g/mol. The molecule has 0 amide bonds. The summed E-state index contributed by atoms with van der Waals surface area (Å²) in [4.78, 5) is 0. The highest BCUT2D eigenvalue weighted by Gasteiger charge is 2.44. The summed E-state index contributed by atoms with van der Waals surface area (Å²) in [6.07, 6.45) is 4.66. The molecule has 0 spiro atoms. The van der Waals surface area contributed by atoms with Crippen molar-refractivity contribution >= 4 is 17.6 Å². The van der Waals surface area contributed by atoms with Gasteiger partial charge >= 0.3 is 0 Å². The van der Waals surface area contributed by atoms with Crippen LogP contribution in [0.4, 0.5) is 0 Å². The van der Waals surface area contributed by atoms with E-state index in [0.717, 1.165) is 18.8 Å². The lowest BCUT2D eigenvalue weighted by Gasteiger charge is -2.24. The van der Waals surface area contributed by atoms with Crippen LogP contribution < -0.4 is 0 Å². The second-order valence-corrected chi connectivity index (χ2v) is 4.30. The van der Waals surface area contributed by atoms with Crippen molar-refractivity contribution in [2.45, 2.75) is 31.8 Å². The summed E-state index contributed by atoms with van der Waals surface area (Å²) in [6, 6.07) is 0. The number of aliphatic hydroxyl groups excluding tert-OH is 1. The highest BCUT2D eigenvalue weighted by molar-refractivity contribution is 7.78. The highest BCUT2D eigenvalue weighted by atomic mass is 32.1. The van der Waals surface area contributed by atoms with Gasteiger partial charge in [0.2, 0.25) is 0 Å². The maximum Gasteiger partial charge on any atom is 0.0573 e. The Morgan fingerprint density at radius 2 is 2.18 bits per heavy atom. The Kier molecular flexibility index (Phi) is 1.98. The van der Waals surface area contributed by atoms with Gasteiger partial charge in [-0.25, -0.2) is 0 Å². The van der Waals surface area contributed by atoms with Gasteiger partial charge in [-0.3, -0.25) is 0 Å². The number of hydrogen-bond donors (Lipinski definition) is 1. The SMILES string of the molecule is OC1CC2CC(CC=S)[C@@H]1C2. The van der Waals surface area contributed by atoms with Crippen LogP contribution >= 0.6 is 12.2 Å². The fourth-order valence-corrected chi connectivity index (χ4v) is 3.10. The topological polar surface area (TPSA) is 20.2 Å². The van der Waals surface area contributed by atoms with Crippen molar-refractivity contribution in [1.29, 1.82) is 0 Å². The smallest absolute Gasteiger partial charge is 0.0573 e. The van der Waals surface area contributed by atoms with Crippen LogP contribution in [0.2, 0.25) is 0 Å². The molecule has 0 aromatic heterocycles. The summed E-state index contributed by atoms with van der Waals surface area (Å²) in [5.74, 6) is 2.11. The molecule has 1 N–H and O–H groups in total. The van der Waals surface area contributed by atoms with Gasteiger partial charge < -0.3 is 5.11 Å². The van der Waals surface area contributed by atoms with E-state index in [9.17, 15) is 5.11 Å². The first-order chi connectivity index (χ1) is 5.31. The largest absolute Gasteiger partial charge is 0.393 e. The highest BCUT2D eigenvalue weighted by Crippen LogP contribution is 2.49. The van der Waals surface area contributed by atoms with Crippen LogP contribution in [0.5, 0.6) is 0 Å². The van der Waals surface area contributed by atoms with Crippen molar-refractivity contribution in [3.05, 3.63) is 0 Å². The van der Waals surface area contributed by atoms with Crippen LogP contribution in [0.25, 0.3) is 0 Å². The van der Waals surface area contributed by atoms with Gasteiger partial charge in [-0.15, -0.1) is 0 Å². The number of hydrogen-bond acceptors (Lipinski definition) is 2. The molecule has 11 heavy (non-hydrogen) atoms. The Balaban J connectivity index is 2.00. The molecule has 2 fully saturated rings. The Morgan fingerprint density at radius 3 is 2.73 bits per heavy atom. The second-order valence-electron chi connectivity index (χ2n) is 3.97. The molecule has 0 aromatic rings. The number of fused-ring (bicyclic) bond motifs is 2. The maximum absolute atomic E-state index is 9.57. The molecule has 1 nitrogen and oxygen atoms in total. The molecule has 2 aliphatic rings. The normalized spacial score (nSPS) is 48.1. The number of rotatable bonds is 2. The van der Waals surface area contributed by atoms with Crippen molar-refractivity contribution in [3.8, 4) is 0 Å². The average molecular weight is 170 g/mol. The molecule has 2 aliphatic carbocycles. The van der Waals surface area contributed by atoms with Crippen LogP contribution in [-0.4, -0.2) is 16.6 Å². The minimum absolute atomic E-state index is 0.00583. The lowest BCUT2D eigenvalue weighted by Crippen LogP contribution is -2.24. The molecule has 2 rings (SSSR count). The summed E-state index contributed by atoms with van der Waals surface area (Å²) in [5, 5.41) is 11.4. The molecular formula is C9H14OS. The van der Waals surface area contributed by atoms with E-state index in [0.29, 0.717) is 11.8 Å². The zero-order valence-electron chi connectivity index (χ0n) is 6.57. The molecule has 0 saturated heterocycles. The van der Waals surface area contributed by atoms with Crippen molar-refractivity contribution in [1.82, 2.24) is 0 Å². The zero-order chi connectivity index (χ0) is 7.84. The zero-order valence-corrected chi connectivity index (χ0v) is 7.39. The summed E-state index contributed by atoms with van der Waals surface area (Å²) in [7, 11) is 0. The molecule has 0 aliphatic heterocycles. The Hall–Kier alpha value is 0.0500. The minimum Gasteiger partial charge on any atom is -0.393 e. The molecule has 62 valence electrons. The van der Waals surface area contributed by atoms with Crippen LogP contribution in [0.3, 0.4) is 0 Å².